The molecular weight excluding hydrogens is 370 g/mol. The Bertz CT molecular complexity index is 809. The fraction of sp³-hybridized carbons (Fsp3) is 0.421. The summed E-state index contributed by atoms with van der Waals surface area (Å²) in [7, 11) is 3.06. The number of carbonyl (C=O) groups is 3. The van der Waals surface area contributed by atoms with Gasteiger partial charge in [0.25, 0.3) is 11.1 Å². The molecule has 0 aromatic heterocycles. The average Bonchev–Trinajstić information content (AvgIpc) is 2.82. The van der Waals surface area contributed by atoms with Crippen LogP contribution in [0, 0.1) is 6.92 Å². The number of aryl methyl sites for hydroxylation is 1. The van der Waals surface area contributed by atoms with Gasteiger partial charge in [-0.3, -0.25) is 19.3 Å². The molecule has 2 amide bonds. The number of carbonyl (C=O) groups excluding carboxylic acids is 3. The summed E-state index contributed by atoms with van der Waals surface area (Å²) in [6.45, 7) is 6.61. The number of ether oxygens (including phenoxy) is 3. The predicted octanol–water partition coefficient (Wildman–Crippen LogP) is 3.39. The number of esters is 1. The third kappa shape index (κ3) is 5.03. The highest BCUT2D eigenvalue weighted by atomic mass is 32.2. The zero-order valence-corrected chi connectivity index (χ0v) is 17.1. The lowest BCUT2D eigenvalue weighted by Crippen LogP contribution is -2.37. The van der Waals surface area contributed by atoms with Crippen LogP contribution in [0.5, 0.6) is 11.5 Å². The van der Waals surface area contributed by atoms with Crippen LogP contribution < -0.4 is 9.47 Å². The molecule has 1 aliphatic heterocycles. The van der Waals surface area contributed by atoms with Crippen LogP contribution in [0.15, 0.2) is 17.0 Å². The van der Waals surface area contributed by atoms with Gasteiger partial charge in [0.05, 0.1) is 19.1 Å². The first-order valence-corrected chi connectivity index (χ1v) is 9.07. The minimum Gasteiger partial charge on any atom is -0.493 e. The highest BCUT2D eigenvalue weighted by molar-refractivity contribution is 8.18. The van der Waals surface area contributed by atoms with E-state index in [1.807, 2.05) is 6.92 Å². The smallest absolute Gasteiger partial charge is 0.326 e. The lowest BCUT2D eigenvalue weighted by atomic mass is 10.1. The number of imide groups is 1. The molecule has 0 bridgehead atoms. The van der Waals surface area contributed by atoms with E-state index in [0.29, 0.717) is 11.5 Å². The Kier molecular flexibility index (Phi) is 6.20. The molecule has 0 aliphatic carbocycles. The summed E-state index contributed by atoms with van der Waals surface area (Å²) < 4.78 is 15.7. The summed E-state index contributed by atoms with van der Waals surface area (Å²) in [5.41, 5.74) is 0.882. The zero-order valence-electron chi connectivity index (χ0n) is 16.2. The fourth-order valence-electron chi connectivity index (χ4n) is 2.43. The largest absolute Gasteiger partial charge is 0.493 e. The molecule has 0 spiro atoms. The van der Waals surface area contributed by atoms with Crippen LogP contribution in [0.4, 0.5) is 4.79 Å². The van der Waals surface area contributed by atoms with E-state index in [0.717, 1.165) is 27.8 Å². The number of amides is 2. The van der Waals surface area contributed by atoms with Gasteiger partial charge in [-0.05, 0) is 68.8 Å². The van der Waals surface area contributed by atoms with Crippen molar-refractivity contribution in [2.45, 2.75) is 33.3 Å². The second kappa shape index (κ2) is 8.04. The van der Waals surface area contributed by atoms with E-state index < -0.39 is 29.3 Å². The summed E-state index contributed by atoms with van der Waals surface area (Å²) in [5.74, 6) is -0.0640. The molecule has 0 atom stereocenters. The molecule has 146 valence electrons. The van der Waals surface area contributed by atoms with Crippen molar-refractivity contribution in [3.05, 3.63) is 28.2 Å². The Balaban J connectivity index is 2.25. The van der Waals surface area contributed by atoms with Crippen molar-refractivity contribution in [2.24, 2.45) is 0 Å². The number of rotatable bonds is 5. The van der Waals surface area contributed by atoms with E-state index in [2.05, 4.69) is 0 Å². The Morgan fingerprint density at radius 2 is 1.74 bits per heavy atom. The third-order valence-electron chi connectivity index (χ3n) is 3.64. The lowest BCUT2D eigenvalue weighted by Gasteiger charge is -2.21. The molecule has 1 heterocycles. The molecule has 1 aromatic carbocycles. The molecule has 7 nitrogen and oxygen atoms in total. The van der Waals surface area contributed by atoms with Gasteiger partial charge in [-0.25, -0.2) is 0 Å². The van der Waals surface area contributed by atoms with E-state index in [-0.39, 0.29) is 4.91 Å². The highest BCUT2D eigenvalue weighted by Crippen LogP contribution is 2.36. The Labute approximate surface area is 162 Å². The SMILES string of the molecule is COc1cc(C)c(/C=C2/SC(=O)N(CC(=O)OC(C)(C)C)C2=O)cc1OC. The molecule has 0 radical (unpaired) electrons. The Morgan fingerprint density at radius 1 is 1.15 bits per heavy atom. The Hall–Kier alpha value is -2.48. The van der Waals surface area contributed by atoms with Crippen molar-refractivity contribution >= 4 is 35.0 Å². The van der Waals surface area contributed by atoms with Crippen molar-refractivity contribution in [3.63, 3.8) is 0 Å². The lowest BCUT2D eigenvalue weighted by molar-refractivity contribution is -0.156. The topological polar surface area (TPSA) is 82.1 Å². The van der Waals surface area contributed by atoms with Gasteiger partial charge in [0.15, 0.2) is 11.5 Å². The summed E-state index contributed by atoms with van der Waals surface area (Å²) in [4.78, 5) is 37.8. The van der Waals surface area contributed by atoms with E-state index in [9.17, 15) is 14.4 Å². The predicted molar refractivity (Wildman–Crippen MR) is 103 cm³/mol. The first kappa shape index (κ1) is 20.8. The van der Waals surface area contributed by atoms with Crippen LogP contribution in [0.1, 0.15) is 31.9 Å². The average molecular weight is 393 g/mol. The number of hydrogen-bond acceptors (Lipinski definition) is 7. The highest BCUT2D eigenvalue weighted by Gasteiger charge is 2.37. The van der Waals surface area contributed by atoms with Gasteiger partial charge in [0.2, 0.25) is 0 Å². The molecule has 8 heteroatoms. The first-order chi connectivity index (χ1) is 12.6. The number of methoxy groups -OCH3 is 2. The van der Waals surface area contributed by atoms with Crippen molar-refractivity contribution < 1.29 is 28.6 Å². The molecule has 0 N–H and O–H groups in total. The zero-order chi connectivity index (χ0) is 20.4. The normalized spacial score (nSPS) is 16.1. The maximum absolute atomic E-state index is 12.6. The third-order valence-corrected chi connectivity index (χ3v) is 4.55. The first-order valence-electron chi connectivity index (χ1n) is 8.25. The van der Waals surface area contributed by atoms with Crippen LogP contribution in [-0.4, -0.2) is 48.4 Å². The molecule has 1 saturated heterocycles. The van der Waals surface area contributed by atoms with Crippen LogP contribution >= 0.6 is 11.8 Å². The minimum atomic E-state index is -0.689. The maximum Gasteiger partial charge on any atom is 0.326 e. The molecule has 2 rings (SSSR count). The fourth-order valence-corrected chi connectivity index (χ4v) is 3.26. The van der Waals surface area contributed by atoms with E-state index in [1.54, 1.807) is 46.1 Å². The summed E-state index contributed by atoms with van der Waals surface area (Å²) in [6, 6.07) is 3.52. The van der Waals surface area contributed by atoms with Crippen LogP contribution in [-0.2, 0) is 14.3 Å². The second-order valence-corrected chi connectivity index (χ2v) is 7.91. The summed E-state index contributed by atoms with van der Waals surface area (Å²) in [5, 5.41) is -0.504. The minimum absolute atomic E-state index is 0.235. The van der Waals surface area contributed by atoms with Gasteiger partial charge in [0, 0.05) is 0 Å². The van der Waals surface area contributed by atoms with Gasteiger partial charge >= 0.3 is 5.97 Å². The van der Waals surface area contributed by atoms with Gasteiger partial charge in [0.1, 0.15) is 12.1 Å². The van der Waals surface area contributed by atoms with Crippen molar-refractivity contribution in [1.82, 2.24) is 4.90 Å². The van der Waals surface area contributed by atoms with E-state index in [1.165, 1.54) is 7.11 Å². The molecule has 0 unspecified atom stereocenters. The summed E-state index contributed by atoms with van der Waals surface area (Å²) >= 11 is 0.787. The van der Waals surface area contributed by atoms with Crippen molar-refractivity contribution in [2.75, 3.05) is 20.8 Å². The van der Waals surface area contributed by atoms with Crippen LogP contribution in [0.25, 0.3) is 6.08 Å². The quantitative estimate of drug-likeness (QED) is 0.560. The van der Waals surface area contributed by atoms with Gasteiger partial charge in [-0.2, -0.15) is 0 Å². The van der Waals surface area contributed by atoms with Crippen molar-refractivity contribution in [1.29, 1.82) is 0 Å². The van der Waals surface area contributed by atoms with Crippen molar-refractivity contribution in [3.8, 4) is 11.5 Å². The molecule has 1 aliphatic rings. The van der Waals surface area contributed by atoms with Gasteiger partial charge in [-0.1, -0.05) is 0 Å². The van der Waals surface area contributed by atoms with Crippen LogP contribution in [0.3, 0.4) is 0 Å². The molecule has 1 aromatic rings. The Morgan fingerprint density at radius 3 is 2.30 bits per heavy atom. The number of thioether (sulfide) groups is 1. The molecule has 27 heavy (non-hydrogen) atoms. The number of hydrogen-bond donors (Lipinski definition) is 0. The number of benzene rings is 1. The maximum atomic E-state index is 12.6. The second-order valence-electron chi connectivity index (χ2n) is 6.92. The van der Waals surface area contributed by atoms with Gasteiger partial charge in [-0.15, -0.1) is 0 Å². The summed E-state index contributed by atoms with van der Waals surface area (Å²) in [6.07, 6.45) is 1.61. The molecular formula is C19H23NO6S. The van der Waals surface area contributed by atoms with E-state index in [4.69, 9.17) is 14.2 Å². The molecule has 0 saturated carbocycles. The number of nitrogens with zero attached hydrogens (tertiary/aromatic N) is 1. The molecule has 1 fully saturated rings. The standard InChI is InChI=1S/C19H23NO6S/c1-11-7-13(24-5)14(25-6)8-12(11)9-15-17(22)20(18(23)27-15)10-16(21)26-19(2,3)4/h7-9H,10H2,1-6H3/b15-9+. The monoisotopic (exact) mass is 393 g/mol. The van der Waals surface area contributed by atoms with E-state index >= 15 is 0 Å². The van der Waals surface area contributed by atoms with Gasteiger partial charge < -0.3 is 14.2 Å². The van der Waals surface area contributed by atoms with Crippen LogP contribution in [0.2, 0.25) is 0 Å².